The van der Waals surface area contributed by atoms with E-state index in [1.165, 1.54) is 4.80 Å². The van der Waals surface area contributed by atoms with Crippen LogP contribution in [0.15, 0.2) is 48.9 Å². The standard InChI is InChI=1S/C24H21Cl2N7O/c1-14-2-3-21(33-28-5-6-29-33)16(8-14)24(34)31-7-4-15-12-32(22(15)13-31)23-11-27-19-9-17(25)18(26)10-20(19)30-23/h2-3,5-6,8-11,15,22H,4,7,12-13H2,1H3/t15-,22-/m1/s1. The highest BCUT2D eigenvalue weighted by molar-refractivity contribution is 6.42. The van der Waals surface area contributed by atoms with Crippen molar-refractivity contribution in [2.45, 2.75) is 19.4 Å². The summed E-state index contributed by atoms with van der Waals surface area (Å²) in [6.07, 6.45) is 5.94. The lowest BCUT2D eigenvalue weighted by molar-refractivity contribution is 0.0591. The van der Waals surface area contributed by atoms with Crippen LogP contribution < -0.4 is 4.90 Å². The third-order valence-electron chi connectivity index (χ3n) is 6.72. The number of hydrogen-bond donors (Lipinski definition) is 0. The normalized spacial score (nSPS) is 19.7. The zero-order chi connectivity index (χ0) is 23.4. The van der Waals surface area contributed by atoms with E-state index in [-0.39, 0.29) is 11.9 Å². The molecule has 34 heavy (non-hydrogen) atoms. The van der Waals surface area contributed by atoms with Crippen LogP contribution in [0.1, 0.15) is 22.3 Å². The van der Waals surface area contributed by atoms with Crippen molar-refractivity contribution in [3.05, 3.63) is 70.1 Å². The number of rotatable bonds is 3. The Hall–Kier alpha value is -3.23. The molecule has 8 nitrogen and oxygen atoms in total. The summed E-state index contributed by atoms with van der Waals surface area (Å²) in [6, 6.07) is 9.44. The van der Waals surface area contributed by atoms with E-state index < -0.39 is 0 Å². The summed E-state index contributed by atoms with van der Waals surface area (Å²) in [5.41, 5.74) is 3.72. The molecular formula is C24H21Cl2N7O. The van der Waals surface area contributed by atoms with Crippen LogP contribution in [0.25, 0.3) is 16.7 Å². The summed E-state index contributed by atoms with van der Waals surface area (Å²) in [5, 5.41) is 9.37. The minimum absolute atomic E-state index is 0.00711. The summed E-state index contributed by atoms with van der Waals surface area (Å²) in [6.45, 7) is 4.24. The zero-order valence-corrected chi connectivity index (χ0v) is 19.9. The van der Waals surface area contributed by atoms with Gasteiger partial charge in [-0.05, 0) is 37.6 Å². The van der Waals surface area contributed by atoms with Crippen molar-refractivity contribution in [2.24, 2.45) is 5.92 Å². The quantitative estimate of drug-likeness (QED) is 0.425. The fraction of sp³-hybridized carbons (Fsp3) is 0.292. The predicted molar refractivity (Wildman–Crippen MR) is 131 cm³/mol. The number of benzene rings is 2. The first-order valence-corrected chi connectivity index (χ1v) is 11.9. The molecule has 0 aliphatic carbocycles. The first-order valence-electron chi connectivity index (χ1n) is 11.1. The van der Waals surface area contributed by atoms with Crippen molar-refractivity contribution in [3.8, 4) is 5.69 Å². The van der Waals surface area contributed by atoms with E-state index >= 15 is 0 Å². The predicted octanol–water partition coefficient (Wildman–Crippen LogP) is 4.18. The van der Waals surface area contributed by atoms with E-state index in [9.17, 15) is 4.79 Å². The van der Waals surface area contributed by atoms with E-state index in [4.69, 9.17) is 28.2 Å². The zero-order valence-electron chi connectivity index (χ0n) is 18.4. The van der Waals surface area contributed by atoms with Gasteiger partial charge in [0.1, 0.15) is 5.82 Å². The molecule has 6 rings (SSSR count). The Balaban J connectivity index is 1.26. The molecule has 0 radical (unpaired) electrons. The third-order valence-corrected chi connectivity index (χ3v) is 7.44. The summed E-state index contributed by atoms with van der Waals surface area (Å²) < 4.78 is 0. The van der Waals surface area contributed by atoms with Crippen molar-refractivity contribution in [3.63, 3.8) is 0 Å². The molecule has 0 bridgehead atoms. The van der Waals surface area contributed by atoms with Crippen molar-refractivity contribution < 1.29 is 4.79 Å². The highest BCUT2D eigenvalue weighted by Crippen LogP contribution is 2.37. The van der Waals surface area contributed by atoms with Gasteiger partial charge in [0.25, 0.3) is 5.91 Å². The SMILES string of the molecule is Cc1ccc(-n2nccn2)c(C(=O)N2CC[C@@H]3CN(c4cnc5cc(Cl)c(Cl)cc5n4)[C@@H]3C2)c1. The van der Waals surface area contributed by atoms with Gasteiger partial charge in [0.05, 0.1) is 57.0 Å². The van der Waals surface area contributed by atoms with E-state index in [1.807, 2.05) is 30.0 Å². The van der Waals surface area contributed by atoms with E-state index in [0.717, 1.165) is 30.9 Å². The van der Waals surface area contributed by atoms with Gasteiger partial charge in [0.2, 0.25) is 0 Å². The number of halogens is 2. The first-order chi connectivity index (χ1) is 16.5. The Bertz CT molecular complexity index is 1410. The highest BCUT2D eigenvalue weighted by atomic mass is 35.5. The van der Waals surface area contributed by atoms with Gasteiger partial charge >= 0.3 is 0 Å². The number of nitrogens with zero attached hydrogens (tertiary/aromatic N) is 7. The minimum atomic E-state index is -0.00711. The Morgan fingerprint density at radius 3 is 2.59 bits per heavy atom. The lowest BCUT2D eigenvalue weighted by atomic mass is 9.82. The second-order valence-electron chi connectivity index (χ2n) is 8.84. The number of anilines is 1. The molecule has 4 aromatic rings. The monoisotopic (exact) mass is 493 g/mol. The fourth-order valence-electron chi connectivity index (χ4n) is 4.89. The summed E-state index contributed by atoms with van der Waals surface area (Å²) in [4.78, 5) is 28.6. The average Bonchev–Trinajstić information content (AvgIpc) is 3.35. The molecule has 0 saturated carbocycles. The maximum Gasteiger partial charge on any atom is 0.256 e. The molecule has 2 atom stereocenters. The van der Waals surface area contributed by atoms with Crippen molar-refractivity contribution in [1.29, 1.82) is 0 Å². The number of hydrogen-bond acceptors (Lipinski definition) is 6. The number of amides is 1. The minimum Gasteiger partial charge on any atom is -0.350 e. The van der Waals surface area contributed by atoms with Crippen molar-refractivity contribution >= 4 is 46.0 Å². The largest absolute Gasteiger partial charge is 0.350 e. The van der Waals surface area contributed by atoms with Crippen LogP contribution in [0, 0.1) is 12.8 Å². The molecule has 10 heteroatoms. The molecule has 0 N–H and O–H groups in total. The number of aromatic nitrogens is 5. The molecule has 2 aliphatic heterocycles. The van der Waals surface area contributed by atoms with Gasteiger partial charge in [-0.3, -0.25) is 9.78 Å². The molecule has 2 aromatic carbocycles. The second-order valence-corrected chi connectivity index (χ2v) is 9.66. The highest BCUT2D eigenvalue weighted by Gasteiger charge is 2.44. The van der Waals surface area contributed by atoms with Crippen LogP contribution in [0.3, 0.4) is 0 Å². The topological polar surface area (TPSA) is 80.0 Å². The summed E-state index contributed by atoms with van der Waals surface area (Å²) >= 11 is 12.3. The number of aryl methyl sites for hydroxylation is 1. The molecular weight excluding hydrogens is 473 g/mol. The second kappa shape index (κ2) is 8.21. The first kappa shape index (κ1) is 21.3. The molecule has 2 aliphatic rings. The van der Waals surface area contributed by atoms with Crippen LogP contribution >= 0.6 is 23.2 Å². The van der Waals surface area contributed by atoms with Crippen LogP contribution in [0.4, 0.5) is 5.82 Å². The van der Waals surface area contributed by atoms with Crippen LogP contribution in [-0.2, 0) is 0 Å². The van der Waals surface area contributed by atoms with Gasteiger partial charge in [-0.25, -0.2) is 4.98 Å². The maximum atomic E-state index is 13.6. The number of likely N-dealkylation sites (tertiary alicyclic amines) is 1. The van der Waals surface area contributed by atoms with Gasteiger partial charge in [-0.2, -0.15) is 15.0 Å². The third kappa shape index (κ3) is 3.58. The van der Waals surface area contributed by atoms with Crippen molar-refractivity contribution in [1.82, 2.24) is 29.9 Å². The van der Waals surface area contributed by atoms with E-state index in [2.05, 4.69) is 20.1 Å². The van der Waals surface area contributed by atoms with Crippen LogP contribution in [0.2, 0.25) is 10.0 Å². The fourth-order valence-corrected chi connectivity index (χ4v) is 5.20. The lowest BCUT2D eigenvalue weighted by Gasteiger charge is -2.53. The van der Waals surface area contributed by atoms with Gasteiger partial charge < -0.3 is 9.80 Å². The number of piperidine rings is 1. The molecule has 4 heterocycles. The molecule has 172 valence electrons. The molecule has 2 saturated heterocycles. The van der Waals surface area contributed by atoms with Crippen LogP contribution in [-0.4, -0.2) is 61.4 Å². The molecule has 0 unspecified atom stereocenters. The van der Waals surface area contributed by atoms with Crippen LogP contribution in [0.5, 0.6) is 0 Å². The van der Waals surface area contributed by atoms with Gasteiger partial charge in [-0.15, -0.1) is 0 Å². The summed E-state index contributed by atoms with van der Waals surface area (Å²) in [7, 11) is 0. The molecule has 1 amide bonds. The Kier molecular flexibility index (Phi) is 5.15. The molecule has 0 spiro atoms. The molecule has 2 aromatic heterocycles. The van der Waals surface area contributed by atoms with E-state index in [0.29, 0.717) is 44.8 Å². The Morgan fingerprint density at radius 1 is 1.03 bits per heavy atom. The van der Waals surface area contributed by atoms with Gasteiger partial charge in [0, 0.05) is 25.6 Å². The smallest absolute Gasteiger partial charge is 0.256 e. The number of carbonyl (C=O) groups excluding carboxylic acids is 1. The number of carbonyl (C=O) groups is 1. The van der Waals surface area contributed by atoms with Crippen molar-refractivity contribution in [2.75, 3.05) is 24.5 Å². The van der Waals surface area contributed by atoms with Gasteiger partial charge in [-0.1, -0.05) is 34.8 Å². The maximum absolute atomic E-state index is 13.6. The summed E-state index contributed by atoms with van der Waals surface area (Å²) in [5.74, 6) is 1.31. The Labute approximate surface area is 206 Å². The number of fused-ring (bicyclic) bond motifs is 2. The molecule has 2 fully saturated rings. The average molecular weight is 494 g/mol. The van der Waals surface area contributed by atoms with E-state index in [1.54, 1.807) is 30.7 Å². The van der Waals surface area contributed by atoms with Gasteiger partial charge in [0.15, 0.2) is 0 Å². The lowest BCUT2D eigenvalue weighted by Crippen LogP contribution is -2.65. The Morgan fingerprint density at radius 2 is 1.79 bits per heavy atom.